The third-order valence-electron chi connectivity index (χ3n) is 0.671. The highest BCUT2D eigenvalue weighted by Crippen LogP contribution is 1.96. The maximum atomic E-state index is 6.66. The zero-order valence-electron chi connectivity index (χ0n) is 5.27. The lowest BCUT2D eigenvalue weighted by molar-refractivity contribution is 1.37. The minimum atomic E-state index is 0.936. The number of allylic oxidation sites excluding steroid dienone is 1. The van der Waals surface area contributed by atoms with Crippen LogP contribution in [0.5, 0.6) is 0 Å². The molecule has 2 heteroatoms. The van der Waals surface area contributed by atoms with E-state index in [1.54, 1.807) is 0 Å². The Morgan fingerprint density at radius 1 is 1.62 bits per heavy atom. The summed E-state index contributed by atoms with van der Waals surface area (Å²) in [5, 5.41) is 6.66. The van der Waals surface area contributed by atoms with Gasteiger partial charge in [0.1, 0.15) is 0 Å². The van der Waals surface area contributed by atoms with Crippen LogP contribution in [0.2, 0.25) is 0 Å². The largest absolute Gasteiger partial charge is 0.302 e. The molecule has 1 N–H and O–H groups in total. The van der Waals surface area contributed by atoms with Gasteiger partial charge in [-0.25, -0.2) is 0 Å². The van der Waals surface area contributed by atoms with E-state index < -0.39 is 0 Å². The molecular weight excluding hydrogens is 118 g/mol. The number of hydrogen-bond donors (Lipinski definition) is 1. The molecule has 0 heterocycles. The standard InChI is InChI=1S/C6H11NS/c1-6(2)3-4-8-5-7/h3,5,7H,4H2,1-2H3. The van der Waals surface area contributed by atoms with E-state index in [1.807, 2.05) is 0 Å². The van der Waals surface area contributed by atoms with Crippen molar-refractivity contribution in [2.45, 2.75) is 13.8 Å². The summed E-state index contributed by atoms with van der Waals surface area (Å²) >= 11 is 1.50. The predicted octanol–water partition coefficient (Wildman–Crippen LogP) is 2.29. The monoisotopic (exact) mass is 129 g/mol. The highest BCUT2D eigenvalue weighted by atomic mass is 32.2. The van der Waals surface area contributed by atoms with E-state index in [1.165, 1.54) is 22.9 Å². The van der Waals surface area contributed by atoms with Crippen LogP contribution in [0.4, 0.5) is 0 Å². The summed E-state index contributed by atoms with van der Waals surface area (Å²) in [7, 11) is 0. The van der Waals surface area contributed by atoms with Gasteiger partial charge < -0.3 is 5.41 Å². The van der Waals surface area contributed by atoms with Crippen molar-refractivity contribution in [3.8, 4) is 0 Å². The first-order valence-corrected chi connectivity index (χ1v) is 3.56. The molecular formula is C6H11NS. The Balaban J connectivity index is 3.15. The van der Waals surface area contributed by atoms with Crippen LogP contribution in [0.1, 0.15) is 13.8 Å². The number of rotatable bonds is 3. The van der Waals surface area contributed by atoms with Gasteiger partial charge in [-0.3, -0.25) is 0 Å². The zero-order valence-corrected chi connectivity index (χ0v) is 6.09. The molecule has 0 aliphatic rings. The average Bonchev–Trinajstić information content (AvgIpc) is 1.66. The molecule has 1 nitrogen and oxygen atoms in total. The van der Waals surface area contributed by atoms with E-state index in [0.717, 1.165) is 5.75 Å². The fourth-order valence-corrected chi connectivity index (χ4v) is 0.789. The van der Waals surface area contributed by atoms with Crippen LogP contribution in [0.25, 0.3) is 0 Å². The first-order valence-electron chi connectivity index (χ1n) is 2.51. The molecule has 0 spiro atoms. The number of thioether (sulfide) groups is 1. The molecule has 0 aromatic heterocycles. The summed E-state index contributed by atoms with van der Waals surface area (Å²) in [6.45, 7) is 4.12. The normalized spacial score (nSPS) is 8.25. The fourth-order valence-electron chi connectivity index (χ4n) is 0.263. The van der Waals surface area contributed by atoms with Gasteiger partial charge in [-0.2, -0.15) is 0 Å². The second-order valence-electron chi connectivity index (χ2n) is 1.73. The lowest BCUT2D eigenvalue weighted by Crippen LogP contribution is -1.70. The minimum Gasteiger partial charge on any atom is -0.302 e. The average molecular weight is 129 g/mol. The molecule has 46 valence electrons. The number of nitrogens with one attached hydrogen (secondary N) is 1. The summed E-state index contributed by atoms with van der Waals surface area (Å²) in [6.07, 6.45) is 2.11. The van der Waals surface area contributed by atoms with Crippen molar-refractivity contribution in [2.24, 2.45) is 0 Å². The molecule has 0 atom stereocenters. The van der Waals surface area contributed by atoms with Gasteiger partial charge in [-0.1, -0.05) is 11.6 Å². The molecule has 0 aliphatic heterocycles. The van der Waals surface area contributed by atoms with E-state index >= 15 is 0 Å². The SMILES string of the molecule is CC(C)=CCSC=N. The Morgan fingerprint density at radius 2 is 2.25 bits per heavy atom. The first-order chi connectivity index (χ1) is 3.77. The van der Waals surface area contributed by atoms with Gasteiger partial charge in [-0.05, 0) is 13.8 Å². The quantitative estimate of drug-likeness (QED) is 0.269. The summed E-state index contributed by atoms with van der Waals surface area (Å²) < 4.78 is 0. The number of hydrogen-bond acceptors (Lipinski definition) is 2. The van der Waals surface area contributed by atoms with Crippen molar-refractivity contribution in [3.63, 3.8) is 0 Å². The molecule has 0 radical (unpaired) electrons. The highest BCUT2D eigenvalue weighted by Gasteiger charge is 1.76. The van der Waals surface area contributed by atoms with Gasteiger partial charge in [0.05, 0.1) is 5.55 Å². The second-order valence-corrected chi connectivity index (χ2v) is 2.64. The van der Waals surface area contributed by atoms with Gasteiger partial charge >= 0.3 is 0 Å². The van der Waals surface area contributed by atoms with Crippen molar-refractivity contribution in [3.05, 3.63) is 11.6 Å². The Bertz CT molecular complexity index is 92.7. The fraction of sp³-hybridized carbons (Fsp3) is 0.500. The van der Waals surface area contributed by atoms with Crippen LogP contribution >= 0.6 is 11.8 Å². The van der Waals surface area contributed by atoms with Gasteiger partial charge in [0.25, 0.3) is 0 Å². The lowest BCUT2D eigenvalue weighted by Gasteiger charge is -1.85. The molecule has 0 bridgehead atoms. The Labute approximate surface area is 54.7 Å². The second kappa shape index (κ2) is 4.91. The summed E-state index contributed by atoms with van der Waals surface area (Å²) in [5.74, 6) is 0.936. The Morgan fingerprint density at radius 3 is 2.62 bits per heavy atom. The smallest absolute Gasteiger partial charge is 0.0509 e. The molecule has 0 rings (SSSR count). The molecule has 0 aliphatic carbocycles. The maximum absolute atomic E-state index is 6.66. The molecule has 8 heavy (non-hydrogen) atoms. The third kappa shape index (κ3) is 5.76. The molecule has 0 aromatic carbocycles. The maximum Gasteiger partial charge on any atom is 0.0509 e. The van der Waals surface area contributed by atoms with E-state index in [9.17, 15) is 0 Å². The van der Waals surface area contributed by atoms with Crippen molar-refractivity contribution < 1.29 is 0 Å². The first kappa shape index (κ1) is 7.76. The van der Waals surface area contributed by atoms with Crippen LogP contribution in [-0.4, -0.2) is 11.3 Å². The van der Waals surface area contributed by atoms with Gasteiger partial charge in [0.15, 0.2) is 0 Å². The van der Waals surface area contributed by atoms with Crippen molar-refractivity contribution in [2.75, 3.05) is 5.75 Å². The molecule has 0 unspecified atom stereocenters. The molecule has 0 fully saturated rings. The summed E-state index contributed by atoms with van der Waals surface area (Å²) in [5.41, 5.74) is 2.68. The molecule has 0 aromatic rings. The van der Waals surface area contributed by atoms with Crippen LogP contribution < -0.4 is 0 Å². The van der Waals surface area contributed by atoms with Crippen LogP contribution in [0.15, 0.2) is 11.6 Å². The van der Waals surface area contributed by atoms with E-state index in [4.69, 9.17) is 5.41 Å². The van der Waals surface area contributed by atoms with E-state index in [0.29, 0.717) is 0 Å². The summed E-state index contributed by atoms with van der Waals surface area (Å²) in [6, 6.07) is 0. The van der Waals surface area contributed by atoms with Gasteiger partial charge in [0, 0.05) is 5.75 Å². The topological polar surface area (TPSA) is 23.9 Å². The third-order valence-corrected chi connectivity index (χ3v) is 1.20. The Hall–Kier alpha value is -0.240. The Kier molecular flexibility index (Phi) is 4.76. The molecule has 0 saturated heterocycles. The highest BCUT2D eigenvalue weighted by molar-refractivity contribution is 8.12. The predicted molar refractivity (Wildman–Crippen MR) is 40.7 cm³/mol. The van der Waals surface area contributed by atoms with Crippen LogP contribution in [0.3, 0.4) is 0 Å². The van der Waals surface area contributed by atoms with Crippen molar-refractivity contribution >= 4 is 17.3 Å². The molecule has 0 saturated carbocycles. The van der Waals surface area contributed by atoms with Crippen molar-refractivity contribution in [1.82, 2.24) is 0 Å². The van der Waals surface area contributed by atoms with Crippen LogP contribution in [0, 0.1) is 5.41 Å². The lowest BCUT2D eigenvalue weighted by atomic mass is 10.3. The van der Waals surface area contributed by atoms with E-state index in [-0.39, 0.29) is 0 Å². The van der Waals surface area contributed by atoms with E-state index in [2.05, 4.69) is 19.9 Å². The molecule has 0 amide bonds. The van der Waals surface area contributed by atoms with Gasteiger partial charge in [-0.15, -0.1) is 11.8 Å². The van der Waals surface area contributed by atoms with Crippen LogP contribution in [-0.2, 0) is 0 Å². The van der Waals surface area contributed by atoms with Crippen molar-refractivity contribution in [1.29, 1.82) is 5.41 Å². The zero-order chi connectivity index (χ0) is 6.41. The van der Waals surface area contributed by atoms with Gasteiger partial charge in [0.2, 0.25) is 0 Å². The summed E-state index contributed by atoms with van der Waals surface area (Å²) in [4.78, 5) is 0. The minimum absolute atomic E-state index is 0.936.